The highest BCUT2D eigenvalue weighted by atomic mass is 32.1. The van der Waals surface area contributed by atoms with Gasteiger partial charge in [-0.05, 0) is 50.3 Å². The number of hydrogen-bond acceptors (Lipinski definition) is 6. The fraction of sp³-hybridized carbons (Fsp3) is 0.316. The Morgan fingerprint density at radius 3 is 2.54 bits per heavy atom. The zero-order valence-electron chi connectivity index (χ0n) is 15.1. The van der Waals surface area contributed by atoms with Gasteiger partial charge in [0.25, 0.3) is 5.91 Å². The average molecular weight is 372 g/mol. The van der Waals surface area contributed by atoms with Gasteiger partial charge in [0.2, 0.25) is 0 Å². The quantitative estimate of drug-likeness (QED) is 0.784. The number of aryl methyl sites for hydroxylation is 3. The van der Waals surface area contributed by atoms with Gasteiger partial charge in [0, 0.05) is 0 Å². The Balaban J connectivity index is 1.89. The molecule has 0 saturated heterocycles. The number of thiophene rings is 1. The van der Waals surface area contributed by atoms with E-state index in [1.165, 1.54) is 18.3 Å². The van der Waals surface area contributed by atoms with Crippen LogP contribution in [0.4, 0.5) is 5.00 Å². The van der Waals surface area contributed by atoms with Gasteiger partial charge < -0.3 is 14.8 Å². The third-order valence-corrected chi connectivity index (χ3v) is 4.47. The van der Waals surface area contributed by atoms with E-state index in [-0.39, 0.29) is 6.61 Å². The topological polar surface area (TPSA) is 88.4 Å². The summed E-state index contributed by atoms with van der Waals surface area (Å²) in [4.78, 5) is 24.1. The molecule has 7 heteroatoms. The lowest BCUT2D eigenvalue weighted by atomic mass is 10.1. The van der Waals surface area contributed by atoms with Gasteiger partial charge in [-0.2, -0.15) is 5.26 Å². The van der Waals surface area contributed by atoms with Crippen molar-refractivity contribution in [1.29, 1.82) is 5.26 Å². The van der Waals surface area contributed by atoms with Gasteiger partial charge in [-0.3, -0.25) is 4.79 Å². The van der Waals surface area contributed by atoms with Crippen molar-refractivity contribution >= 4 is 28.2 Å². The number of amides is 1. The van der Waals surface area contributed by atoms with Crippen LogP contribution >= 0.6 is 11.3 Å². The maximum Gasteiger partial charge on any atom is 0.344 e. The Morgan fingerprint density at radius 1 is 1.27 bits per heavy atom. The minimum absolute atomic E-state index is 0.287. The van der Waals surface area contributed by atoms with Gasteiger partial charge in [-0.25, -0.2) is 4.79 Å². The van der Waals surface area contributed by atoms with Crippen LogP contribution in [0.5, 0.6) is 5.75 Å². The Morgan fingerprint density at radius 2 is 1.92 bits per heavy atom. The van der Waals surface area contributed by atoms with Crippen molar-refractivity contribution in [3.63, 3.8) is 0 Å². The van der Waals surface area contributed by atoms with E-state index in [0.717, 1.165) is 16.7 Å². The van der Waals surface area contributed by atoms with Crippen LogP contribution in [-0.4, -0.2) is 24.6 Å². The van der Waals surface area contributed by atoms with Crippen LogP contribution in [0.15, 0.2) is 23.6 Å². The lowest BCUT2D eigenvalue weighted by Crippen LogP contribution is -2.31. The number of carbonyl (C=O) groups is 2. The number of ether oxygens (including phenoxy) is 2. The fourth-order valence-corrected chi connectivity index (χ4v) is 3.26. The minimum atomic E-state index is -1.00. The van der Waals surface area contributed by atoms with E-state index in [2.05, 4.69) is 5.32 Å². The van der Waals surface area contributed by atoms with Crippen molar-refractivity contribution in [3.8, 4) is 11.8 Å². The Bertz CT molecular complexity index is 844. The monoisotopic (exact) mass is 372 g/mol. The van der Waals surface area contributed by atoms with E-state index in [0.29, 0.717) is 16.3 Å². The van der Waals surface area contributed by atoms with E-state index >= 15 is 0 Å². The lowest BCUT2D eigenvalue weighted by Gasteiger charge is -2.15. The number of carbonyl (C=O) groups excluding carboxylic acids is 2. The fourth-order valence-electron chi connectivity index (χ4n) is 2.52. The van der Waals surface area contributed by atoms with Gasteiger partial charge in [-0.1, -0.05) is 17.7 Å². The lowest BCUT2D eigenvalue weighted by molar-refractivity contribution is -0.155. The van der Waals surface area contributed by atoms with Gasteiger partial charge >= 0.3 is 5.97 Å². The van der Waals surface area contributed by atoms with Crippen LogP contribution in [0.2, 0.25) is 0 Å². The standard InChI is InChI=1S/C19H20N2O4S/c1-11-7-12(2)17(13(3)8-11)24-10-16(22)25-14(4)18(23)21-19-15(9-20)5-6-26-19/h5-8,14H,10H2,1-4H3,(H,21,23)/t14-/m0/s1. The molecule has 0 unspecified atom stereocenters. The molecule has 0 aliphatic heterocycles. The Kier molecular flexibility index (Phi) is 6.36. The number of anilines is 1. The first-order chi connectivity index (χ1) is 12.3. The number of nitriles is 1. The van der Waals surface area contributed by atoms with Gasteiger partial charge in [0.1, 0.15) is 16.8 Å². The molecule has 0 fully saturated rings. The van der Waals surface area contributed by atoms with Gasteiger partial charge in [0.05, 0.1) is 5.56 Å². The summed E-state index contributed by atoms with van der Waals surface area (Å²) in [7, 11) is 0. The van der Waals surface area contributed by atoms with Crippen LogP contribution < -0.4 is 10.1 Å². The summed E-state index contributed by atoms with van der Waals surface area (Å²) in [6, 6.07) is 7.53. The molecule has 0 spiro atoms. The van der Waals surface area contributed by atoms with E-state index in [1.807, 2.05) is 39.0 Å². The molecule has 1 aromatic heterocycles. The molecule has 6 nitrogen and oxygen atoms in total. The summed E-state index contributed by atoms with van der Waals surface area (Å²) in [5.41, 5.74) is 3.35. The molecule has 1 aromatic carbocycles. The summed E-state index contributed by atoms with van der Waals surface area (Å²) in [5.74, 6) is -0.499. The molecule has 0 radical (unpaired) electrons. The zero-order chi connectivity index (χ0) is 19.3. The Hall–Kier alpha value is -2.85. The summed E-state index contributed by atoms with van der Waals surface area (Å²) < 4.78 is 10.7. The highest BCUT2D eigenvalue weighted by Crippen LogP contribution is 2.25. The molecular formula is C19H20N2O4S. The third-order valence-electron chi connectivity index (χ3n) is 3.64. The number of benzene rings is 1. The normalized spacial score (nSPS) is 11.3. The highest BCUT2D eigenvalue weighted by Gasteiger charge is 2.20. The second-order valence-corrected chi connectivity index (χ2v) is 6.83. The number of nitrogens with zero attached hydrogens (tertiary/aromatic N) is 1. The zero-order valence-corrected chi connectivity index (χ0v) is 15.9. The highest BCUT2D eigenvalue weighted by molar-refractivity contribution is 7.14. The molecule has 2 aromatic rings. The van der Waals surface area contributed by atoms with Crippen LogP contribution in [-0.2, 0) is 14.3 Å². The molecule has 0 aliphatic carbocycles. The van der Waals surface area contributed by atoms with Crippen molar-refractivity contribution in [1.82, 2.24) is 0 Å². The third kappa shape index (κ3) is 4.83. The Labute approximate surface area is 156 Å². The predicted molar refractivity (Wildman–Crippen MR) is 99.4 cm³/mol. The largest absolute Gasteiger partial charge is 0.481 e. The maximum absolute atomic E-state index is 12.1. The smallest absolute Gasteiger partial charge is 0.344 e. The summed E-state index contributed by atoms with van der Waals surface area (Å²) in [6.07, 6.45) is -1.00. The molecule has 1 amide bonds. The number of esters is 1. The summed E-state index contributed by atoms with van der Waals surface area (Å²) >= 11 is 1.23. The van der Waals surface area contributed by atoms with Crippen LogP contribution in [0.25, 0.3) is 0 Å². The molecule has 0 bridgehead atoms. The second kappa shape index (κ2) is 8.50. The predicted octanol–water partition coefficient (Wildman–Crippen LogP) is 3.49. The van der Waals surface area contributed by atoms with Crippen molar-refractivity contribution in [2.75, 3.05) is 11.9 Å². The number of nitrogens with one attached hydrogen (secondary N) is 1. The van der Waals surface area contributed by atoms with Gasteiger partial charge in [0.15, 0.2) is 12.7 Å². The molecule has 136 valence electrons. The van der Waals surface area contributed by atoms with Crippen LogP contribution in [0.1, 0.15) is 29.2 Å². The first kappa shape index (κ1) is 19.5. The first-order valence-corrected chi connectivity index (χ1v) is 8.88. The van der Waals surface area contributed by atoms with E-state index < -0.39 is 18.0 Å². The second-order valence-electron chi connectivity index (χ2n) is 5.91. The summed E-state index contributed by atoms with van der Waals surface area (Å²) in [6.45, 7) is 6.98. The molecule has 26 heavy (non-hydrogen) atoms. The minimum Gasteiger partial charge on any atom is -0.481 e. The van der Waals surface area contributed by atoms with Crippen molar-refractivity contribution in [2.45, 2.75) is 33.8 Å². The molecule has 1 N–H and O–H groups in total. The van der Waals surface area contributed by atoms with Crippen molar-refractivity contribution < 1.29 is 19.1 Å². The molecule has 0 aliphatic rings. The summed E-state index contributed by atoms with van der Waals surface area (Å²) in [5, 5.41) is 13.7. The number of rotatable bonds is 6. The first-order valence-electron chi connectivity index (χ1n) is 8.00. The SMILES string of the molecule is Cc1cc(C)c(OCC(=O)O[C@@H](C)C(=O)Nc2sccc2C#N)c(C)c1. The van der Waals surface area contributed by atoms with Crippen LogP contribution in [0, 0.1) is 32.1 Å². The molecule has 1 atom stereocenters. The van der Waals surface area contributed by atoms with Crippen molar-refractivity contribution in [3.05, 3.63) is 45.8 Å². The van der Waals surface area contributed by atoms with Crippen LogP contribution in [0.3, 0.4) is 0 Å². The van der Waals surface area contributed by atoms with Gasteiger partial charge in [-0.15, -0.1) is 11.3 Å². The molecule has 0 saturated carbocycles. The molecular weight excluding hydrogens is 352 g/mol. The van der Waals surface area contributed by atoms with E-state index in [4.69, 9.17) is 14.7 Å². The maximum atomic E-state index is 12.1. The van der Waals surface area contributed by atoms with E-state index in [9.17, 15) is 9.59 Å². The van der Waals surface area contributed by atoms with E-state index in [1.54, 1.807) is 11.4 Å². The number of hydrogen-bond donors (Lipinski definition) is 1. The van der Waals surface area contributed by atoms with Crippen molar-refractivity contribution in [2.24, 2.45) is 0 Å². The molecule has 2 rings (SSSR count). The molecule has 1 heterocycles. The average Bonchev–Trinajstić information content (AvgIpc) is 3.00.